The Morgan fingerprint density at radius 1 is 1.48 bits per heavy atom. The SMILES string of the molecule is C=C1[C@H]2Cc3ccc(OC)c(O)c3[C@]1(C/C(=C\C)OC)CCN2. The number of hydrogen-bond donors (Lipinski definition) is 2. The lowest BCUT2D eigenvalue weighted by molar-refractivity contribution is 0.227. The Balaban J connectivity index is 2.21. The second kappa shape index (κ2) is 5.93. The smallest absolute Gasteiger partial charge is 0.162 e. The van der Waals surface area contributed by atoms with Crippen molar-refractivity contribution in [3.63, 3.8) is 0 Å². The highest BCUT2D eigenvalue weighted by Gasteiger charge is 2.48. The molecule has 1 aromatic rings. The van der Waals surface area contributed by atoms with Crippen LogP contribution in [0.3, 0.4) is 0 Å². The molecule has 1 aliphatic carbocycles. The van der Waals surface area contributed by atoms with Gasteiger partial charge in [-0.3, -0.25) is 0 Å². The van der Waals surface area contributed by atoms with E-state index in [1.165, 1.54) is 5.56 Å². The zero-order valence-electron chi connectivity index (χ0n) is 14.1. The molecule has 2 N–H and O–H groups in total. The summed E-state index contributed by atoms with van der Waals surface area (Å²) in [5.74, 6) is 1.69. The van der Waals surface area contributed by atoms with Crippen molar-refractivity contribution in [3.05, 3.63) is 47.2 Å². The van der Waals surface area contributed by atoms with Crippen LogP contribution in [0, 0.1) is 0 Å². The van der Waals surface area contributed by atoms with E-state index in [9.17, 15) is 5.11 Å². The van der Waals surface area contributed by atoms with Gasteiger partial charge in [-0.25, -0.2) is 0 Å². The van der Waals surface area contributed by atoms with Gasteiger partial charge in [-0.2, -0.15) is 0 Å². The lowest BCUT2D eigenvalue weighted by Gasteiger charge is -2.49. The fraction of sp³-hybridized carbons (Fsp3) is 0.474. The highest BCUT2D eigenvalue weighted by molar-refractivity contribution is 5.60. The minimum atomic E-state index is -0.306. The first kappa shape index (κ1) is 15.9. The van der Waals surface area contributed by atoms with Crippen LogP contribution in [0.4, 0.5) is 0 Å². The van der Waals surface area contributed by atoms with Gasteiger partial charge in [0.15, 0.2) is 11.5 Å². The molecular weight excluding hydrogens is 290 g/mol. The van der Waals surface area contributed by atoms with E-state index in [2.05, 4.69) is 18.0 Å². The molecule has 2 atom stereocenters. The summed E-state index contributed by atoms with van der Waals surface area (Å²) in [7, 11) is 3.28. The lowest BCUT2D eigenvalue weighted by atomic mass is 9.59. The third-order valence-corrected chi connectivity index (χ3v) is 5.39. The standard InChI is InChI=1S/C19H25NO3/c1-5-14(22-3)11-19-8-9-20-15(12(19)2)10-13-6-7-16(23-4)18(21)17(13)19/h5-7,15,20-21H,2,8-11H2,1,3-4H3/b14-5+/t15-,19+/m1/s1. The largest absolute Gasteiger partial charge is 0.504 e. The fourth-order valence-electron chi connectivity index (χ4n) is 4.14. The Hall–Kier alpha value is -1.94. The van der Waals surface area contributed by atoms with Crippen molar-refractivity contribution in [2.24, 2.45) is 0 Å². The van der Waals surface area contributed by atoms with Crippen LogP contribution in [0.25, 0.3) is 0 Å². The van der Waals surface area contributed by atoms with Crippen LogP contribution in [0.15, 0.2) is 36.1 Å². The highest BCUT2D eigenvalue weighted by Crippen LogP contribution is 2.54. The van der Waals surface area contributed by atoms with Gasteiger partial charge in [-0.1, -0.05) is 12.6 Å². The number of piperidine rings is 1. The summed E-state index contributed by atoms with van der Waals surface area (Å²) in [4.78, 5) is 0. The second-order valence-corrected chi connectivity index (χ2v) is 6.35. The zero-order chi connectivity index (χ0) is 16.6. The molecule has 0 unspecified atom stereocenters. The number of hydrogen-bond acceptors (Lipinski definition) is 4. The van der Waals surface area contributed by atoms with Gasteiger partial charge < -0.3 is 19.9 Å². The monoisotopic (exact) mass is 315 g/mol. The number of phenols is 1. The molecule has 1 fully saturated rings. The predicted molar refractivity (Wildman–Crippen MR) is 91.0 cm³/mol. The molecule has 3 rings (SSSR count). The number of phenolic OH excluding ortho intramolecular Hbond substituents is 1. The van der Waals surface area contributed by atoms with Crippen LogP contribution in [0.2, 0.25) is 0 Å². The summed E-state index contributed by atoms with van der Waals surface area (Å²) in [6.45, 7) is 7.27. The first-order valence-electron chi connectivity index (χ1n) is 8.08. The topological polar surface area (TPSA) is 50.7 Å². The molecule has 2 bridgehead atoms. The van der Waals surface area contributed by atoms with Gasteiger partial charge in [0.1, 0.15) is 0 Å². The van der Waals surface area contributed by atoms with Crippen LogP contribution in [-0.2, 0) is 16.6 Å². The van der Waals surface area contributed by atoms with Crippen molar-refractivity contribution < 1.29 is 14.6 Å². The van der Waals surface area contributed by atoms with E-state index in [1.807, 2.05) is 19.1 Å². The number of methoxy groups -OCH3 is 2. The van der Waals surface area contributed by atoms with E-state index in [0.717, 1.165) is 36.3 Å². The Morgan fingerprint density at radius 3 is 2.91 bits per heavy atom. The van der Waals surface area contributed by atoms with Gasteiger partial charge in [-0.15, -0.1) is 0 Å². The predicted octanol–water partition coefficient (Wildman–Crippen LogP) is 3.05. The van der Waals surface area contributed by atoms with Gasteiger partial charge >= 0.3 is 0 Å². The molecular formula is C19H25NO3. The molecule has 1 aromatic carbocycles. The van der Waals surface area contributed by atoms with Crippen molar-refractivity contribution in [1.29, 1.82) is 0 Å². The number of rotatable bonds is 4. The molecule has 1 saturated heterocycles. The average Bonchev–Trinajstić information content (AvgIpc) is 2.54. The average molecular weight is 315 g/mol. The quantitative estimate of drug-likeness (QED) is 0.662. The van der Waals surface area contributed by atoms with Crippen molar-refractivity contribution >= 4 is 0 Å². The summed E-state index contributed by atoms with van der Waals surface area (Å²) < 4.78 is 10.9. The van der Waals surface area contributed by atoms with Crippen molar-refractivity contribution in [3.8, 4) is 11.5 Å². The van der Waals surface area contributed by atoms with Gasteiger partial charge in [0.2, 0.25) is 0 Å². The van der Waals surface area contributed by atoms with Crippen LogP contribution in [-0.4, -0.2) is 31.9 Å². The van der Waals surface area contributed by atoms with Crippen molar-refractivity contribution in [1.82, 2.24) is 5.32 Å². The normalized spacial score (nSPS) is 26.7. The molecule has 4 nitrogen and oxygen atoms in total. The summed E-state index contributed by atoms with van der Waals surface area (Å²) in [6.07, 6.45) is 4.44. The molecule has 0 amide bonds. The maximum Gasteiger partial charge on any atom is 0.162 e. The Morgan fingerprint density at radius 2 is 2.26 bits per heavy atom. The van der Waals surface area contributed by atoms with E-state index < -0.39 is 0 Å². The Kier molecular flexibility index (Phi) is 4.11. The van der Waals surface area contributed by atoms with Crippen LogP contribution >= 0.6 is 0 Å². The van der Waals surface area contributed by atoms with Crippen molar-refractivity contribution in [2.75, 3.05) is 20.8 Å². The first-order chi connectivity index (χ1) is 11.1. The third-order valence-electron chi connectivity index (χ3n) is 5.39. The summed E-state index contributed by atoms with van der Waals surface area (Å²) >= 11 is 0. The number of fused-ring (bicyclic) bond motifs is 4. The summed E-state index contributed by atoms with van der Waals surface area (Å²) in [5, 5.41) is 14.4. The zero-order valence-corrected chi connectivity index (χ0v) is 14.1. The van der Waals surface area contributed by atoms with E-state index in [-0.39, 0.29) is 17.2 Å². The highest BCUT2D eigenvalue weighted by atomic mass is 16.5. The van der Waals surface area contributed by atoms with Gasteiger partial charge in [0, 0.05) is 23.4 Å². The molecule has 23 heavy (non-hydrogen) atoms. The molecule has 2 aliphatic rings. The summed E-state index contributed by atoms with van der Waals surface area (Å²) in [6, 6.07) is 4.16. The first-order valence-corrected chi connectivity index (χ1v) is 8.08. The van der Waals surface area contributed by atoms with Crippen LogP contribution in [0.5, 0.6) is 11.5 Å². The molecule has 124 valence electrons. The van der Waals surface area contributed by atoms with Crippen molar-refractivity contribution in [2.45, 2.75) is 37.6 Å². The molecule has 1 aliphatic heterocycles. The molecule has 0 saturated carbocycles. The summed E-state index contributed by atoms with van der Waals surface area (Å²) in [5.41, 5.74) is 2.96. The number of allylic oxidation sites excluding steroid dienone is 2. The fourth-order valence-corrected chi connectivity index (χ4v) is 4.14. The lowest BCUT2D eigenvalue weighted by Crippen LogP contribution is -2.53. The number of nitrogens with one attached hydrogen (secondary N) is 1. The van der Waals surface area contributed by atoms with Gasteiger partial charge in [0.05, 0.1) is 20.0 Å². The Bertz CT molecular complexity index is 665. The Labute approximate surface area is 137 Å². The molecule has 0 radical (unpaired) electrons. The van der Waals surface area contributed by atoms with Gasteiger partial charge in [-0.05, 0) is 49.6 Å². The van der Waals surface area contributed by atoms with E-state index in [1.54, 1.807) is 14.2 Å². The van der Waals surface area contributed by atoms with E-state index in [4.69, 9.17) is 9.47 Å². The number of benzene rings is 1. The van der Waals surface area contributed by atoms with Crippen LogP contribution < -0.4 is 10.1 Å². The molecule has 4 heteroatoms. The minimum Gasteiger partial charge on any atom is -0.504 e. The van der Waals surface area contributed by atoms with E-state index >= 15 is 0 Å². The number of ether oxygens (including phenoxy) is 2. The van der Waals surface area contributed by atoms with E-state index in [0.29, 0.717) is 12.2 Å². The second-order valence-electron chi connectivity index (χ2n) is 6.35. The molecule has 1 heterocycles. The number of aromatic hydroxyl groups is 1. The minimum absolute atomic E-state index is 0.248. The maximum atomic E-state index is 10.8. The van der Waals surface area contributed by atoms with Crippen LogP contribution in [0.1, 0.15) is 30.9 Å². The molecule has 0 spiro atoms. The third kappa shape index (κ3) is 2.32. The maximum absolute atomic E-state index is 10.8. The van der Waals surface area contributed by atoms with Gasteiger partial charge in [0.25, 0.3) is 0 Å². The molecule has 0 aromatic heterocycles.